The van der Waals surface area contributed by atoms with E-state index in [0.29, 0.717) is 11.3 Å². The molecule has 1 aromatic heterocycles. The summed E-state index contributed by atoms with van der Waals surface area (Å²) >= 11 is 0. The lowest BCUT2D eigenvalue weighted by atomic mass is 10.0. The van der Waals surface area contributed by atoms with E-state index in [0.717, 1.165) is 37.3 Å². The molecule has 1 aromatic carbocycles. The third-order valence-corrected chi connectivity index (χ3v) is 4.78. The minimum atomic E-state index is -0.369. The highest BCUT2D eigenvalue weighted by atomic mass is 16.6. The lowest BCUT2D eigenvalue weighted by Gasteiger charge is -2.39. The van der Waals surface area contributed by atoms with E-state index < -0.39 is 0 Å². The summed E-state index contributed by atoms with van der Waals surface area (Å²) in [5.74, 6) is 0.294. The summed E-state index contributed by atoms with van der Waals surface area (Å²) in [6.45, 7) is 7.33. The highest BCUT2D eigenvalue weighted by molar-refractivity contribution is 5.99. The molecule has 2 heterocycles. The fraction of sp³-hybridized carbons (Fsp3) is 0.444. The number of fused-ring (bicyclic) bond motifs is 1. The van der Waals surface area contributed by atoms with Gasteiger partial charge in [0.15, 0.2) is 0 Å². The summed E-state index contributed by atoms with van der Waals surface area (Å²) in [5.41, 5.74) is 1.07. The van der Waals surface area contributed by atoms with Crippen molar-refractivity contribution in [1.82, 2.24) is 9.88 Å². The van der Waals surface area contributed by atoms with Crippen molar-refractivity contribution in [1.29, 1.82) is 5.26 Å². The van der Waals surface area contributed by atoms with Gasteiger partial charge < -0.3 is 4.90 Å². The molecule has 1 aliphatic rings. The third kappa shape index (κ3) is 3.26. The molecular weight excluding hydrogens is 318 g/mol. The number of nitro benzene ring substituents is 1. The minimum Gasteiger partial charge on any atom is -0.368 e. The molecule has 3 rings (SSSR count). The first-order chi connectivity index (χ1) is 12.0. The highest BCUT2D eigenvalue weighted by Gasteiger charge is 2.27. The Kier molecular flexibility index (Phi) is 4.81. The first-order valence-corrected chi connectivity index (χ1v) is 8.42. The molecule has 0 spiro atoms. The van der Waals surface area contributed by atoms with E-state index in [2.05, 4.69) is 34.7 Å². The van der Waals surface area contributed by atoms with E-state index in [1.54, 1.807) is 18.5 Å². The maximum absolute atomic E-state index is 11.2. The fourth-order valence-electron chi connectivity index (χ4n) is 3.49. The van der Waals surface area contributed by atoms with Crippen LogP contribution in [-0.4, -0.2) is 47.0 Å². The van der Waals surface area contributed by atoms with E-state index in [-0.39, 0.29) is 16.7 Å². The lowest BCUT2D eigenvalue weighted by Crippen LogP contribution is -2.51. The van der Waals surface area contributed by atoms with Crippen LogP contribution in [0.1, 0.15) is 13.8 Å². The fourth-order valence-corrected chi connectivity index (χ4v) is 3.49. The van der Waals surface area contributed by atoms with Crippen LogP contribution in [0.2, 0.25) is 0 Å². The maximum Gasteiger partial charge on any atom is 0.278 e. The van der Waals surface area contributed by atoms with Gasteiger partial charge in [-0.15, -0.1) is 0 Å². The number of nitrogens with zero attached hydrogens (tertiary/aromatic N) is 5. The number of nitriles is 1. The first kappa shape index (κ1) is 17.1. The van der Waals surface area contributed by atoms with Gasteiger partial charge in [0.2, 0.25) is 0 Å². The van der Waals surface area contributed by atoms with Gasteiger partial charge in [0.25, 0.3) is 5.69 Å². The van der Waals surface area contributed by atoms with E-state index in [4.69, 9.17) is 0 Å². The van der Waals surface area contributed by atoms with Crippen LogP contribution >= 0.6 is 0 Å². The van der Waals surface area contributed by atoms with Crippen LogP contribution in [0.15, 0.2) is 30.6 Å². The number of hydrogen-bond acceptors (Lipinski definition) is 6. The molecule has 0 radical (unpaired) electrons. The molecule has 0 N–H and O–H groups in total. The Balaban J connectivity index is 1.86. The normalized spacial score (nSPS) is 16.8. The zero-order chi connectivity index (χ0) is 18.0. The van der Waals surface area contributed by atoms with Crippen molar-refractivity contribution >= 4 is 22.1 Å². The number of anilines is 1. The number of pyridine rings is 1. The number of piperazine rings is 1. The van der Waals surface area contributed by atoms with Gasteiger partial charge in [-0.05, 0) is 18.1 Å². The molecule has 1 atom stereocenters. The summed E-state index contributed by atoms with van der Waals surface area (Å²) in [6.07, 6.45) is 3.22. The van der Waals surface area contributed by atoms with Gasteiger partial charge in [0, 0.05) is 55.7 Å². The Morgan fingerprint density at radius 1 is 1.20 bits per heavy atom. The predicted molar refractivity (Wildman–Crippen MR) is 96.4 cm³/mol. The van der Waals surface area contributed by atoms with Crippen molar-refractivity contribution in [3.05, 3.63) is 40.7 Å². The second-order valence-corrected chi connectivity index (χ2v) is 6.62. The van der Waals surface area contributed by atoms with Crippen LogP contribution < -0.4 is 4.90 Å². The van der Waals surface area contributed by atoms with Crippen molar-refractivity contribution in [2.45, 2.75) is 19.9 Å². The van der Waals surface area contributed by atoms with Crippen LogP contribution in [0, 0.1) is 27.4 Å². The Morgan fingerprint density at radius 3 is 2.52 bits per heavy atom. The number of nitro groups is 1. The Labute approximate surface area is 146 Å². The van der Waals surface area contributed by atoms with E-state index >= 15 is 0 Å². The van der Waals surface area contributed by atoms with Gasteiger partial charge in [-0.3, -0.25) is 20.0 Å². The standard InChI is InChI=1S/C18H21N5O2/c1-13(2)18(11-19)22-9-7-21(8-10-22)16-3-4-17(23(24)25)15-12-20-6-5-14(15)16/h3-6,12-13,18H,7-10H2,1-2H3/t18-/m0/s1. The van der Waals surface area contributed by atoms with Gasteiger partial charge in [0.05, 0.1) is 16.4 Å². The van der Waals surface area contributed by atoms with Crippen molar-refractivity contribution < 1.29 is 4.92 Å². The monoisotopic (exact) mass is 339 g/mol. The Morgan fingerprint density at radius 2 is 1.92 bits per heavy atom. The number of benzene rings is 1. The molecule has 0 bridgehead atoms. The molecule has 0 amide bonds. The Hall–Kier alpha value is -2.72. The van der Waals surface area contributed by atoms with Gasteiger partial charge >= 0.3 is 0 Å². The third-order valence-electron chi connectivity index (χ3n) is 4.78. The molecule has 0 saturated carbocycles. The minimum absolute atomic E-state index is 0.0695. The molecule has 0 unspecified atom stereocenters. The van der Waals surface area contributed by atoms with E-state index in [1.807, 2.05) is 12.1 Å². The average molecular weight is 339 g/mol. The SMILES string of the molecule is CC(C)[C@H](C#N)N1CCN(c2ccc([N+](=O)[O-])c3cnccc23)CC1. The topological polar surface area (TPSA) is 86.3 Å². The number of aromatic nitrogens is 1. The number of rotatable bonds is 4. The lowest BCUT2D eigenvalue weighted by molar-refractivity contribution is -0.383. The van der Waals surface area contributed by atoms with E-state index in [9.17, 15) is 15.4 Å². The van der Waals surface area contributed by atoms with Crippen LogP contribution in [0.25, 0.3) is 10.8 Å². The molecule has 130 valence electrons. The largest absolute Gasteiger partial charge is 0.368 e. The molecule has 0 aliphatic carbocycles. The van der Waals surface area contributed by atoms with E-state index in [1.165, 1.54) is 0 Å². The average Bonchev–Trinajstić information content (AvgIpc) is 2.61. The summed E-state index contributed by atoms with van der Waals surface area (Å²) in [6, 6.07) is 7.53. The second-order valence-electron chi connectivity index (χ2n) is 6.62. The van der Waals surface area contributed by atoms with Gasteiger partial charge in [0.1, 0.15) is 6.04 Å². The molecule has 1 saturated heterocycles. The Bertz CT molecular complexity index is 822. The summed E-state index contributed by atoms with van der Waals surface area (Å²) in [4.78, 5) is 19.4. The van der Waals surface area contributed by atoms with Crippen molar-refractivity contribution in [2.75, 3.05) is 31.1 Å². The number of non-ortho nitro benzene ring substituents is 1. The highest BCUT2D eigenvalue weighted by Crippen LogP contribution is 2.33. The van der Waals surface area contributed by atoms with Gasteiger partial charge in [-0.25, -0.2) is 0 Å². The zero-order valence-electron chi connectivity index (χ0n) is 14.4. The number of hydrogen-bond donors (Lipinski definition) is 0. The quantitative estimate of drug-likeness (QED) is 0.629. The van der Waals surface area contributed by atoms with Gasteiger partial charge in [-0.1, -0.05) is 13.8 Å². The molecule has 25 heavy (non-hydrogen) atoms. The van der Waals surface area contributed by atoms with Crippen molar-refractivity contribution in [2.24, 2.45) is 5.92 Å². The van der Waals surface area contributed by atoms with Crippen LogP contribution in [0.4, 0.5) is 11.4 Å². The molecule has 2 aromatic rings. The first-order valence-electron chi connectivity index (χ1n) is 8.42. The molecular formula is C18H21N5O2. The van der Waals surface area contributed by atoms with Crippen molar-refractivity contribution in [3.63, 3.8) is 0 Å². The van der Waals surface area contributed by atoms with Crippen LogP contribution in [0.3, 0.4) is 0 Å². The maximum atomic E-state index is 11.2. The van der Waals surface area contributed by atoms with Crippen molar-refractivity contribution in [3.8, 4) is 6.07 Å². The van der Waals surface area contributed by atoms with Crippen LogP contribution in [0.5, 0.6) is 0 Å². The summed E-state index contributed by atoms with van der Waals surface area (Å²) in [7, 11) is 0. The van der Waals surface area contributed by atoms with Crippen LogP contribution in [-0.2, 0) is 0 Å². The molecule has 7 nitrogen and oxygen atoms in total. The molecule has 7 heteroatoms. The summed E-state index contributed by atoms with van der Waals surface area (Å²) < 4.78 is 0. The predicted octanol–water partition coefficient (Wildman–Crippen LogP) is 2.81. The molecule has 1 aliphatic heterocycles. The second kappa shape index (κ2) is 7.03. The van der Waals surface area contributed by atoms with Gasteiger partial charge in [-0.2, -0.15) is 5.26 Å². The zero-order valence-corrected chi connectivity index (χ0v) is 14.4. The smallest absolute Gasteiger partial charge is 0.278 e. The molecule has 1 fully saturated rings. The summed E-state index contributed by atoms with van der Waals surface area (Å²) in [5, 5.41) is 22.0.